The van der Waals surface area contributed by atoms with E-state index in [0.29, 0.717) is 43.7 Å². The zero-order valence-electron chi connectivity index (χ0n) is 30.8. The van der Waals surface area contributed by atoms with Gasteiger partial charge in [0.15, 0.2) is 0 Å². The van der Waals surface area contributed by atoms with Crippen molar-refractivity contribution in [3.8, 4) is 0 Å². The highest BCUT2D eigenvalue weighted by molar-refractivity contribution is 5.89. The Morgan fingerprint density at radius 1 is 0.692 bits per heavy atom. The zero-order valence-corrected chi connectivity index (χ0v) is 30.8. The molecule has 2 aromatic carbocycles. The lowest BCUT2D eigenvalue weighted by molar-refractivity contribution is -0.384. The van der Waals surface area contributed by atoms with E-state index in [9.17, 15) is 29.3 Å². The highest BCUT2D eigenvalue weighted by Gasteiger charge is 2.43. The van der Waals surface area contributed by atoms with E-state index in [4.69, 9.17) is 24.7 Å². The molecule has 286 valence electrons. The van der Waals surface area contributed by atoms with Crippen molar-refractivity contribution in [2.24, 2.45) is 10.8 Å². The molecule has 0 aliphatic heterocycles. The summed E-state index contributed by atoms with van der Waals surface area (Å²) in [5.41, 5.74) is 6.99. The summed E-state index contributed by atoms with van der Waals surface area (Å²) in [4.78, 5) is 60.6. The maximum atomic E-state index is 13.0. The van der Waals surface area contributed by atoms with Crippen molar-refractivity contribution >= 4 is 35.1 Å². The van der Waals surface area contributed by atoms with Gasteiger partial charge >= 0.3 is 11.9 Å². The van der Waals surface area contributed by atoms with E-state index in [1.165, 1.54) is 26.4 Å². The molecule has 14 nitrogen and oxygen atoms in total. The highest BCUT2D eigenvalue weighted by Crippen LogP contribution is 2.42. The standard InChI is InChI=1S/C19H26N2O6.C19H28N2O4/c1-26-12-11-19(9-3-4-10-19)18(23)20-16(17(22)27-2)13-14-5-7-15(8-6-14)21(24)25;1-24-12-11-19(9-3-4-10-19)18(23)21-16(17(22)25-2)13-14-5-7-15(20)8-6-14/h5-8,16H,3-4,9-13H2,1-2H3,(H,20,23);5-8,16H,3-4,9-13,20H2,1-2H3,(H,21,23)/t2*16-/m00/s1. The summed E-state index contributed by atoms with van der Waals surface area (Å²) in [5.74, 6) is -1.21. The maximum Gasteiger partial charge on any atom is 0.328 e. The number of nitrogens with zero attached hydrogens (tertiary/aromatic N) is 1. The Morgan fingerprint density at radius 3 is 1.38 bits per heavy atom. The Morgan fingerprint density at radius 2 is 1.06 bits per heavy atom. The second kappa shape index (κ2) is 20.5. The third-order valence-corrected chi connectivity index (χ3v) is 10.2. The number of carbonyl (C=O) groups is 4. The quantitative estimate of drug-likeness (QED) is 0.0901. The minimum Gasteiger partial charge on any atom is -0.467 e. The first kappa shape index (κ1) is 41.9. The molecule has 52 heavy (non-hydrogen) atoms. The van der Waals surface area contributed by atoms with E-state index in [1.807, 2.05) is 12.1 Å². The molecule has 2 aromatic rings. The average molecular weight is 727 g/mol. The normalized spacial score (nSPS) is 16.8. The number of nitro groups is 1. The Balaban J connectivity index is 0.000000281. The molecule has 0 bridgehead atoms. The third-order valence-electron chi connectivity index (χ3n) is 10.2. The predicted molar refractivity (Wildman–Crippen MR) is 194 cm³/mol. The summed E-state index contributed by atoms with van der Waals surface area (Å²) in [6.07, 6.45) is 9.07. The lowest BCUT2D eigenvalue weighted by Crippen LogP contribution is -2.49. The SMILES string of the molecule is COCCC1(C(=O)N[C@@H](Cc2ccc(N)cc2)C(=O)OC)CCCC1.COCCC1(C(=O)N[C@@H](Cc2ccc([N+](=O)[O-])cc2)C(=O)OC)CCCC1. The number of hydrogen-bond acceptors (Lipinski definition) is 11. The number of ether oxygens (including phenoxy) is 4. The number of amides is 2. The van der Waals surface area contributed by atoms with Crippen molar-refractivity contribution in [3.63, 3.8) is 0 Å². The second-order valence-corrected chi connectivity index (χ2v) is 13.6. The Labute approximate surface area is 305 Å². The zero-order chi connectivity index (χ0) is 38.1. The largest absolute Gasteiger partial charge is 0.467 e. The number of rotatable bonds is 17. The first-order valence-corrected chi connectivity index (χ1v) is 17.8. The van der Waals surface area contributed by atoms with Gasteiger partial charge in [0.2, 0.25) is 11.8 Å². The predicted octanol–water partition coefficient (Wildman–Crippen LogP) is 4.46. The molecule has 2 aliphatic carbocycles. The van der Waals surface area contributed by atoms with Gasteiger partial charge in [0.1, 0.15) is 12.1 Å². The summed E-state index contributed by atoms with van der Waals surface area (Å²) >= 11 is 0. The van der Waals surface area contributed by atoms with E-state index in [1.54, 1.807) is 38.5 Å². The van der Waals surface area contributed by atoms with Gasteiger partial charge in [-0.15, -0.1) is 0 Å². The van der Waals surface area contributed by atoms with Crippen LogP contribution < -0.4 is 16.4 Å². The van der Waals surface area contributed by atoms with Crippen LogP contribution >= 0.6 is 0 Å². The lowest BCUT2D eigenvalue weighted by atomic mass is 9.81. The van der Waals surface area contributed by atoms with Gasteiger partial charge in [-0.2, -0.15) is 0 Å². The minimum atomic E-state index is -0.844. The van der Waals surface area contributed by atoms with Crippen LogP contribution in [-0.2, 0) is 51.0 Å². The van der Waals surface area contributed by atoms with Crippen LogP contribution in [0.2, 0.25) is 0 Å². The van der Waals surface area contributed by atoms with Gasteiger partial charge in [-0.3, -0.25) is 19.7 Å². The number of nitrogen functional groups attached to an aromatic ring is 1. The van der Waals surface area contributed by atoms with Crippen LogP contribution in [0.5, 0.6) is 0 Å². The molecule has 0 heterocycles. The number of methoxy groups -OCH3 is 4. The Hall–Kier alpha value is -4.56. The number of anilines is 1. The number of nitro benzene ring substituents is 1. The number of carbonyl (C=O) groups excluding carboxylic acids is 4. The van der Waals surface area contributed by atoms with E-state index in [0.717, 1.165) is 56.9 Å². The van der Waals surface area contributed by atoms with Crippen LogP contribution in [0, 0.1) is 20.9 Å². The van der Waals surface area contributed by atoms with Crippen LogP contribution in [0.1, 0.15) is 75.3 Å². The van der Waals surface area contributed by atoms with Crippen molar-refractivity contribution in [1.29, 1.82) is 0 Å². The van der Waals surface area contributed by atoms with Crippen molar-refractivity contribution < 1.29 is 43.0 Å². The highest BCUT2D eigenvalue weighted by atomic mass is 16.6. The van der Waals surface area contributed by atoms with E-state index < -0.39 is 39.8 Å². The molecule has 2 fully saturated rings. The second-order valence-electron chi connectivity index (χ2n) is 13.6. The fraction of sp³-hybridized carbons (Fsp3) is 0.579. The summed E-state index contributed by atoms with van der Waals surface area (Å²) in [6.45, 7) is 1.02. The molecule has 0 saturated heterocycles. The summed E-state index contributed by atoms with van der Waals surface area (Å²) in [6, 6.07) is 11.6. The molecule has 2 atom stereocenters. The van der Waals surface area contributed by atoms with Gasteiger partial charge in [0.25, 0.3) is 5.69 Å². The van der Waals surface area contributed by atoms with Crippen molar-refractivity contribution in [2.75, 3.05) is 47.4 Å². The summed E-state index contributed by atoms with van der Waals surface area (Å²) in [7, 11) is 5.85. The topological polar surface area (TPSA) is 198 Å². The first-order chi connectivity index (χ1) is 24.9. The molecule has 14 heteroatoms. The van der Waals surface area contributed by atoms with E-state index >= 15 is 0 Å². The third kappa shape index (κ3) is 11.7. The van der Waals surface area contributed by atoms with Crippen molar-refractivity contribution in [1.82, 2.24) is 10.6 Å². The molecule has 2 amide bonds. The first-order valence-electron chi connectivity index (χ1n) is 17.8. The number of nitrogens with two attached hydrogens (primary N) is 1. The molecule has 0 unspecified atom stereocenters. The summed E-state index contributed by atoms with van der Waals surface area (Å²) in [5, 5.41) is 16.5. The Bertz CT molecular complexity index is 1470. The van der Waals surface area contributed by atoms with Gasteiger partial charge in [-0.1, -0.05) is 49.9 Å². The van der Waals surface area contributed by atoms with Gasteiger partial charge in [0.05, 0.1) is 30.0 Å². The van der Waals surface area contributed by atoms with E-state index in [2.05, 4.69) is 10.6 Å². The fourth-order valence-corrected chi connectivity index (χ4v) is 7.05. The number of hydrogen-bond donors (Lipinski definition) is 3. The number of benzene rings is 2. The van der Waals surface area contributed by atoms with Crippen LogP contribution in [0.25, 0.3) is 0 Å². The van der Waals surface area contributed by atoms with Gasteiger partial charge in [-0.05, 0) is 61.8 Å². The maximum absolute atomic E-state index is 13.0. The fourth-order valence-electron chi connectivity index (χ4n) is 7.05. The van der Waals surface area contributed by atoms with Crippen LogP contribution in [-0.4, -0.2) is 82.4 Å². The van der Waals surface area contributed by atoms with Crippen molar-refractivity contribution in [3.05, 3.63) is 69.8 Å². The molecule has 2 saturated carbocycles. The number of non-ortho nitro benzene ring substituents is 1. The van der Waals surface area contributed by atoms with Crippen molar-refractivity contribution in [2.45, 2.75) is 89.1 Å². The molecule has 4 N–H and O–H groups in total. The minimum absolute atomic E-state index is 0.0260. The van der Waals surface area contributed by atoms with Gasteiger partial charge in [-0.25, -0.2) is 9.59 Å². The Kier molecular flexibility index (Phi) is 16.5. The molecule has 0 aromatic heterocycles. The van der Waals surface area contributed by atoms with Crippen LogP contribution in [0.15, 0.2) is 48.5 Å². The molecular weight excluding hydrogens is 672 g/mol. The molecule has 2 aliphatic rings. The van der Waals surface area contributed by atoms with Crippen LogP contribution in [0.4, 0.5) is 11.4 Å². The molecule has 4 rings (SSSR count). The van der Waals surface area contributed by atoms with Gasteiger partial charge < -0.3 is 35.3 Å². The molecular formula is C38H54N4O10. The monoisotopic (exact) mass is 726 g/mol. The number of esters is 2. The number of nitrogens with one attached hydrogen (secondary N) is 2. The van der Waals surface area contributed by atoms with Gasteiger partial charge in [0, 0.05) is 58.1 Å². The molecule has 0 spiro atoms. The summed E-state index contributed by atoms with van der Waals surface area (Å²) < 4.78 is 20.0. The van der Waals surface area contributed by atoms with Crippen LogP contribution in [0.3, 0.4) is 0 Å². The van der Waals surface area contributed by atoms with E-state index in [-0.39, 0.29) is 23.9 Å². The lowest BCUT2D eigenvalue weighted by Gasteiger charge is -2.29. The smallest absolute Gasteiger partial charge is 0.328 e. The average Bonchev–Trinajstić information content (AvgIpc) is 3.85. The molecule has 0 radical (unpaired) electrons.